The van der Waals surface area contributed by atoms with Crippen LogP contribution in [-0.4, -0.2) is 6.61 Å². The topological polar surface area (TPSA) is 27.7 Å². The van der Waals surface area contributed by atoms with Crippen LogP contribution >= 0.6 is 0 Å². The highest BCUT2D eigenvalue weighted by Gasteiger charge is 2.00. The molecule has 0 aliphatic carbocycles. The van der Waals surface area contributed by atoms with Gasteiger partial charge in [-0.05, 0) is 61.0 Å². The lowest BCUT2D eigenvalue weighted by atomic mass is 10.2. The molecule has 3 heteroatoms. The molecule has 3 nitrogen and oxygen atoms in total. The molecule has 3 aromatic rings. The van der Waals surface area contributed by atoms with E-state index in [0.29, 0.717) is 13.2 Å². The van der Waals surface area contributed by atoms with E-state index in [1.54, 1.807) is 0 Å². The van der Waals surface area contributed by atoms with Crippen LogP contribution in [0.2, 0.25) is 0 Å². The molecule has 0 saturated heterocycles. The summed E-state index contributed by atoms with van der Waals surface area (Å²) in [5, 5.41) is 0. The molecule has 3 rings (SSSR count). The van der Waals surface area contributed by atoms with Crippen LogP contribution in [0.4, 0.5) is 0 Å². The van der Waals surface area contributed by atoms with Crippen molar-refractivity contribution in [1.82, 2.24) is 0 Å². The van der Waals surface area contributed by atoms with Gasteiger partial charge in [0.15, 0.2) is 0 Å². The molecule has 0 unspecified atom stereocenters. The Labute approximate surface area is 142 Å². The monoisotopic (exact) mass is 320 g/mol. The third-order valence-electron chi connectivity index (χ3n) is 3.44. The first kappa shape index (κ1) is 15.9. The van der Waals surface area contributed by atoms with Gasteiger partial charge >= 0.3 is 0 Å². The van der Waals surface area contributed by atoms with Crippen LogP contribution in [0, 0.1) is 0 Å². The Hall–Kier alpha value is -2.94. The smallest absolute Gasteiger partial charge is 0.127 e. The van der Waals surface area contributed by atoms with Crippen LogP contribution in [0.15, 0.2) is 78.9 Å². The zero-order valence-corrected chi connectivity index (χ0v) is 13.6. The second-order valence-electron chi connectivity index (χ2n) is 5.25. The molecule has 0 heterocycles. The fourth-order valence-corrected chi connectivity index (χ4v) is 2.24. The lowest BCUT2D eigenvalue weighted by molar-refractivity contribution is 0.305. The minimum absolute atomic E-state index is 0.519. The lowest BCUT2D eigenvalue weighted by Crippen LogP contribution is -1.96. The Balaban J connectivity index is 1.54. The summed E-state index contributed by atoms with van der Waals surface area (Å²) in [5.41, 5.74) is 1.10. The molecule has 3 aromatic carbocycles. The number of ether oxygens (including phenoxy) is 3. The van der Waals surface area contributed by atoms with Gasteiger partial charge in [-0.15, -0.1) is 0 Å². The Morgan fingerprint density at radius 3 is 1.79 bits per heavy atom. The van der Waals surface area contributed by atoms with E-state index in [2.05, 4.69) is 0 Å². The van der Waals surface area contributed by atoms with Crippen molar-refractivity contribution >= 4 is 0 Å². The van der Waals surface area contributed by atoms with Gasteiger partial charge in [0, 0.05) is 0 Å². The summed E-state index contributed by atoms with van der Waals surface area (Å²) in [6.07, 6.45) is 0. The molecule has 0 aliphatic heterocycles. The van der Waals surface area contributed by atoms with Crippen LogP contribution in [0.3, 0.4) is 0 Å². The normalized spacial score (nSPS) is 10.2. The zero-order chi connectivity index (χ0) is 16.6. The number of hydrogen-bond acceptors (Lipinski definition) is 3. The summed E-state index contributed by atoms with van der Waals surface area (Å²) in [5.74, 6) is 3.29. The van der Waals surface area contributed by atoms with E-state index in [0.717, 1.165) is 28.6 Å². The predicted octanol–water partition coefficient (Wildman–Crippen LogP) is 5.46. The van der Waals surface area contributed by atoms with Crippen molar-refractivity contribution in [2.24, 2.45) is 0 Å². The van der Waals surface area contributed by atoms with Crippen molar-refractivity contribution in [3.05, 3.63) is 84.4 Å². The third-order valence-corrected chi connectivity index (χ3v) is 3.44. The summed E-state index contributed by atoms with van der Waals surface area (Å²) in [6.45, 7) is 3.17. The first-order chi connectivity index (χ1) is 11.8. The maximum Gasteiger partial charge on any atom is 0.127 e. The molecule has 0 amide bonds. The molecule has 0 aliphatic rings. The van der Waals surface area contributed by atoms with E-state index >= 15 is 0 Å². The average Bonchev–Trinajstić information content (AvgIpc) is 2.63. The van der Waals surface area contributed by atoms with E-state index in [-0.39, 0.29) is 0 Å². The maximum absolute atomic E-state index is 5.80. The molecule has 0 radical (unpaired) electrons. The van der Waals surface area contributed by atoms with Gasteiger partial charge < -0.3 is 14.2 Å². The second kappa shape index (κ2) is 8.06. The highest BCUT2D eigenvalue weighted by atomic mass is 16.5. The summed E-state index contributed by atoms with van der Waals surface area (Å²) in [7, 11) is 0. The van der Waals surface area contributed by atoms with E-state index in [9.17, 15) is 0 Å². The number of benzene rings is 3. The summed E-state index contributed by atoms with van der Waals surface area (Å²) < 4.78 is 17.0. The van der Waals surface area contributed by atoms with Crippen LogP contribution in [0.5, 0.6) is 23.0 Å². The lowest BCUT2D eigenvalue weighted by Gasteiger charge is -2.09. The largest absolute Gasteiger partial charge is 0.494 e. The van der Waals surface area contributed by atoms with Crippen molar-refractivity contribution in [2.75, 3.05) is 6.61 Å². The summed E-state index contributed by atoms with van der Waals surface area (Å²) >= 11 is 0. The Morgan fingerprint density at radius 2 is 1.12 bits per heavy atom. The molecule has 0 fully saturated rings. The summed E-state index contributed by atoms with van der Waals surface area (Å²) in [4.78, 5) is 0. The molecule has 0 saturated carbocycles. The third kappa shape index (κ3) is 4.53. The van der Waals surface area contributed by atoms with Gasteiger partial charge in [0.2, 0.25) is 0 Å². The molecular formula is C21H20O3. The minimum atomic E-state index is 0.519. The fourth-order valence-electron chi connectivity index (χ4n) is 2.24. The van der Waals surface area contributed by atoms with Crippen molar-refractivity contribution in [3.63, 3.8) is 0 Å². The molecule has 0 N–H and O–H groups in total. The van der Waals surface area contributed by atoms with Crippen molar-refractivity contribution in [3.8, 4) is 23.0 Å². The molecule has 0 spiro atoms. The second-order valence-corrected chi connectivity index (χ2v) is 5.25. The number of hydrogen-bond donors (Lipinski definition) is 0. The SMILES string of the molecule is CCOc1ccc(COc2ccc(Oc3ccccc3)cc2)cc1. The molecule has 0 atom stereocenters. The van der Waals surface area contributed by atoms with Crippen LogP contribution in [0.1, 0.15) is 12.5 Å². The highest BCUT2D eigenvalue weighted by molar-refractivity contribution is 5.35. The Kier molecular flexibility index (Phi) is 5.36. The van der Waals surface area contributed by atoms with Gasteiger partial charge in [0.25, 0.3) is 0 Å². The molecular weight excluding hydrogens is 300 g/mol. The van der Waals surface area contributed by atoms with Crippen molar-refractivity contribution in [1.29, 1.82) is 0 Å². The molecule has 0 aromatic heterocycles. The Bertz CT molecular complexity index is 734. The van der Waals surface area contributed by atoms with Crippen LogP contribution in [-0.2, 0) is 6.61 Å². The van der Waals surface area contributed by atoms with Gasteiger partial charge in [0.1, 0.15) is 29.6 Å². The first-order valence-electron chi connectivity index (χ1n) is 8.01. The van der Waals surface area contributed by atoms with Gasteiger partial charge in [-0.25, -0.2) is 0 Å². The fraction of sp³-hybridized carbons (Fsp3) is 0.143. The van der Waals surface area contributed by atoms with Gasteiger partial charge in [-0.2, -0.15) is 0 Å². The van der Waals surface area contributed by atoms with Gasteiger partial charge in [-0.1, -0.05) is 30.3 Å². The van der Waals surface area contributed by atoms with E-state index < -0.39 is 0 Å². The quantitative estimate of drug-likeness (QED) is 0.579. The number of rotatable bonds is 7. The summed E-state index contributed by atoms with van der Waals surface area (Å²) in [6, 6.07) is 25.3. The number of para-hydroxylation sites is 1. The van der Waals surface area contributed by atoms with Crippen molar-refractivity contribution < 1.29 is 14.2 Å². The van der Waals surface area contributed by atoms with E-state index in [1.165, 1.54) is 0 Å². The van der Waals surface area contributed by atoms with Crippen LogP contribution in [0.25, 0.3) is 0 Å². The molecule has 24 heavy (non-hydrogen) atoms. The standard InChI is InChI=1S/C21H20O3/c1-2-22-18-10-8-17(9-11-18)16-23-19-12-14-21(15-13-19)24-20-6-4-3-5-7-20/h3-15H,2,16H2,1H3. The van der Waals surface area contributed by atoms with E-state index in [4.69, 9.17) is 14.2 Å². The molecule has 122 valence electrons. The van der Waals surface area contributed by atoms with E-state index in [1.807, 2.05) is 85.8 Å². The Morgan fingerprint density at radius 1 is 0.583 bits per heavy atom. The first-order valence-corrected chi connectivity index (χ1v) is 8.01. The highest BCUT2D eigenvalue weighted by Crippen LogP contribution is 2.24. The predicted molar refractivity (Wildman–Crippen MR) is 94.9 cm³/mol. The van der Waals surface area contributed by atoms with Gasteiger partial charge in [0.05, 0.1) is 6.61 Å². The minimum Gasteiger partial charge on any atom is -0.494 e. The average molecular weight is 320 g/mol. The zero-order valence-electron chi connectivity index (χ0n) is 13.6. The van der Waals surface area contributed by atoms with Crippen LogP contribution < -0.4 is 14.2 Å². The maximum atomic E-state index is 5.80. The molecule has 0 bridgehead atoms. The van der Waals surface area contributed by atoms with Gasteiger partial charge in [-0.3, -0.25) is 0 Å². The van der Waals surface area contributed by atoms with Crippen molar-refractivity contribution in [2.45, 2.75) is 13.5 Å².